The zero-order valence-electron chi connectivity index (χ0n) is 24.4. The van der Waals surface area contributed by atoms with Crippen LogP contribution in [0.15, 0.2) is 107 Å². The maximum absolute atomic E-state index is 13.8. The summed E-state index contributed by atoms with van der Waals surface area (Å²) in [4.78, 5) is 33.2. The number of amides is 2. The SMILES string of the molecule is CCc1ccc(N=C2S/C(=C\c3ccc(OCC(=O)Nc4ccccc4)c(OC)c3)C(=O)N2c2ccc(CC)cc2)cc1. The van der Waals surface area contributed by atoms with Crippen molar-refractivity contribution in [1.29, 1.82) is 0 Å². The molecule has 1 saturated heterocycles. The summed E-state index contributed by atoms with van der Waals surface area (Å²) in [6.07, 6.45) is 3.68. The first-order valence-electron chi connectivity index (χ1n) is 14.1. The smallest absolute Gasteiger partial charge is 0.271 e. The lowest BCUT2D eigenvalue weighted by molar-refractivity contribution is -0.118. The van der Waals surface area contributed by atoms with Gasteiger partial charge < -0.3 is 14.8 Å². The molecule has 7 nitrogen and oxygen atoms in total. The van der Waals surface area contributed by atoms with Gasteiger partial charge in [-0.05, 0) is 95.9 Å². The highest BCUT2D eigenvalue weighted by atomic mass is 32.2. The van der Waals surface area contributed by atoms with Crippen molar-refractivity contribution in [3.63, 3.8) is 0 Å². The number of nitrogens with zero attached hydrogens (tertiary/aromatic N) is 2. The van der Waals surface area contributed by atoms with E-state index in [0.717, 1.165) is 29.8 Å². The number of benzene rings is 4. The molecular weight excluding hydrogens is 558 g/mol. The van der Waals surface area contributed by atoms with Gasteiger partial charge in [-0.25, -0.2) is 4.99 Å². The first-order valence-corrected chi connectivity index (χ1v) is 14.9. The van der Waals surface area contributed by atoms with E-state index in [2.05, 4.69) is 31.3 Å². The van der Waals surface area contributed by atoms with Crippen molar-refractivity contribution in [2.45, 2.75) is 26.7 Å². The van der Waals surface area contributed by atoms with Crippen LogP contribution >= 0.6 is 11.8 Å². The number of thioether (sulfide) groups is 1. The first-order chi connectivity index (χ1) is 21.0. The Kier molecular flexibility index (Phi) is 9.59. The molecule has 43 heavy (non-hydrogen) atoms. The van der Waals surface area contributed by atoms with Crippen LogP contribution in [0.2, 0.25) is 0 Å². The highest BCUT2D eigenvalue weighted by Crippen LogP contribution is 2.38. The first kappa shape index (κ1) is 29.7. The summed E-state index contributed by atoms with van der Waals surface area (Å²) in [5, 5.41) is 3.38. The second-order valence-corrected chi connectivity index (χ2v) is 10.8. The molecule has 1 heterocycles. The molecule has 2 amide bonds. The Morgan fingerprint density at radius 3 is 2.21 bits per heavy atom. The molecule has 218 valence electrons. The van der Waals surface area contributed by atoms with Crippen LogP contribution in [0.4, 0.5) is 17.1 Å². The Morgan fingerprint density at radius 2 is 1.56 bits per heavy atom. The molecular formula is C35H33N3O4S. The number of amidine groups is 1. The highest BCUT2D eigenvalue weighted by molar-refractivity contribution is 8.19. The van der Waals surface area contributed by atoms with E-state index in [0.29, 0.717) is 27.3 Å². The quantitative estimate of drug-likeness (QED) is 0.192. The number of hydrogen-bond acceptors (Lipinski definition) is 6. The number of methoxy groups -OCH3 is 1. The van der Waals surface area contributed by atoms with Crippen molar-refractivity contribution in [2.75, 3.05) is 23.9 Å². The number of aryl methyl sites for hydroxylation is 2. The summed E-state index contributed by atoms with van der Waals surface area (Å²) in [7, 11) is 1.54. The van der Waals surface area contributed by atoms with E-state index in [4.69, 9.17) is 14.5 Å². The van der Waals surface area contributed by atoms with Crippen molar-refractivity contribution < 1.29 is 19.1 Å². The maximum atomic E-state index is 13.8. The summed E-state index contributed by atoms with van der Waals surface area (Å²) in [6.45, 7) is 4.04. The van der Waals surface area contributed by atoms with Crippen LogP contribution in [0, 0.1) is 0 Å². The van der Waals surface area contributed by atoms with Gasteiger partial charge in [-0.15, -0.1) is 0 Å². The number of carbonyl (C=O) groups is 2. The highest BCUT2D eigenvalue weighted by Gasteiger charge is 2.34. The van der Waals surface area contributed by atoms with Crippen LogP contribution < -0.4 is 19.7 Å². The molecule has 1 fully saturated rings. The van der Waals surface area contributed by atoms with Gasteiger partial charge in [0.05, 0.1) is 23.4 Å². The minimum atomic E-state index is -0.282. The Labute approximate surface area is 256 Å². The molecule has 0 radical (unpaired) electrons. The molecule has 0 atom stereocenters. The Balaban J connectivity index is 1.38. The maximum Gasteiger partial charge on any atom is 0.271 e. The summed E-state index contributed by atoms with van der Waals surface area (Å²) in [5.74, 6) is 0.438. The van der Waals surface area contributed by atoms with Crippen molar-refractivity contribution in [3.8, 4) is 11.5 Å². The zero-order chi connectivity index (χ0) is 30.2. The van der Waals surface area contributed by atoms with Crippen molar-refractivity contribution >= 4 is 51.9 Å². The zero-order valence-corrected chi connectivity index (χ0v) is 25.2. The number of aliphatic imine (C=N–C) groups is 1. The van der Waals surface area contributed by atoms with Gasteiger partial charge in [0.1, 0.15) is 0 Å². The number of para-hydroxylation sites is 1. The molecule has 0 saturated carbocycles. The molecule has 1 aliphatic heterocycles. The van der Waals surface area contributed by atoms with Gasteiger partial charge in [-0.2, -0.15) is 0 Å². The van der Waals surface area contributed by atoms with Crippen LogP contribution in [0.25, 0.3) is 6.08 Å². The van der Waals surface area contributed by atoms with E-state index < -0.39 is 0 Å². The molecule has 4 aromatic carbocycles. The fraction of sp³-hybridized carbons (Fsp3) is 0.171. The average Bonchev–Trinajstić information content (AvgIpc) is 3.34. The van der Waals surface area contributed by atoms with Crippen molar-refractivity contribution in [3.05, 3.63) is 119 Å². The number of carbonyl (C=O) groups excluding carboxylic acids is 2. The number of anilines is 2. The molecule has 0 unspecified atom stereocenters. The Hall–Kier alpha value is -4.82. The van der Waals surface area contributed by atoms with Gasteiger partial charge >= 0.3 is 0 Å². The number of rotatable bonds is 10. The fourth-order valence-corrected chi connectivity index (χ4v) is 5.48. The molecule has 4 aromatic rings. The van der Waals surface area contributed by atoms with Gasteiger partial charge in [-0.3, -0.25) is 14.5 Å². The third-order valence-electron chi connectivity index (χ3n) is 6.88. The summed E-state index contributed by atoms with van der Waals surface area (Å²) in [6, 6.07) is 30.6. The normalized spacial score (nSPS) is 14.8. The minimum absolute atomic E-state index is 0.157. The topological polar surface area (TPSA) is 80.2 Å². The second-order valence-electron chi connectivity index (χ2n) is 9.80. The summed E-state index contributed by atoms with van der Waals surface area (Å²) < 4.78 is 11.3. The molecule has 8 heteroatoms. The van der Waals surface area contributed by atoms with Crippen LogP contribution in [0.3, 0.4) is 0 Å². The van der Waals surface area contributed by atoms with E-state index in [1.54, 1.807) is 17.0 Å². The predicted molar refractivity (Wildman–Crippen MR) is 175 cm³/mol. The minimum Gasteiger partial charge on any atom is -0.493 e. The van der Waals surface area contributed by atoms with E-state index >= 15 is 0 Å². The van der Waals surface area contributed by atoms with Gasteiger partial charge in [0.25, 0.3) is 11.8 Å². The standard InChI is InChI=1S/C35H33N3O4S/c1-4-24-11-16-28(17-12-24)37-35-38(29-18-13-25(5-2)14-19-29)34(40)32(43-35)22-26-15-20-30(31(21-26)41-3)42-23-33(39)36-27-9-7-6-8-10-27/h6-22H,4-5,23H2,1-3H3,(H,36,39)/b32-22-,37-35?. The number of nitrogens with one attached hydrogen (secondary N) is 1. The van der Waals surface area contributed by atoms with Crippen LogP contribution in [0.5, 0.6) is 11.5 Å². The predicted octanol–water partition coefficient (Wildman–Crippen LogP) is 7.65. The lowest BCUT2D eigenvalue weighted by Gasteiger charge is -2.16. The fourth-order valence-electron chi connectivity index (χ4n) is 4.48. The third kappa shape index (κ3) is 7.34. The van der Waals surface area contributed by atoms with E-state index in [-0.39, 0.29) is 18.4 Å². The van der Waals surface area contributed by atoms with E-state index in [9.17, 15) is 9.59 Å². The molecule has 0 bridgehead atoms. The van der Waals surface area contributed by atoms with Gasteiger partial charge in [0, 0.05) is 5.69 Å². The third-order valence-corrected chi connectivity index (χ3v) is 7.85. The van der Waals surface area contributed by atoms with Crippen LogP contribution in [-0.4, -0.2) is 30.7 Å². The lowest BCUT2D eigenvalue weighted by atomic mass is 10.1. The largest absolute Gasteiger partial charge is 0.493 e. The number of ether oxygens (including phenoxy) is 2. The number of hydrogen-bond donors (Lipinski definition) is 1. The van der Waals surface area contributed by atoms with Crippen molar-refractivity contribution in [1.82, 2.24) is 0 Å². The Morgan fingerprint density at radius 1 is 0.884 bits per heavy atom. The van der Waals surface area contributed by atoms with E-state index in [1.807, 2.05) is 78.9 Å². The average molecular weight is 592 g/mol. The lowest BCUT2D eigenvalue weighted by Crippen LogP contribution is -2.28. The Bertz CT molecular complexity index is 1650. The van der Waals surface area contributed by atoms with Gasteiger partial charge in [-0.1, -0.05) is 62.4 Å². The van der Waals surface area contributed by atoms with Crippen LogP contribution in [-0.2, 0) is 22.4 Å². The second kappa shape index (κ2) is 13.9. The summed E-state index contributed by atoms with van der Waals surface area (Å²) in [5.41, 5.74) is 5.41. The molecule has 1 aliphatic rings. The van der Waals surface area contributed by atoms with Gasteiger partial charge in [0.2, 0.25) is 0 Å². The van der Waals surface area contributed by atoms with Crippen LogP contribution in [0.1, 0.15) is 30.5 Å². The molecule has 0 aliphatic carbocycles. The molecule has 0 spiro atoms. The monoisotopic (exact) mass is 591 g/mol. The summed E-state index contributed by atoms with van der Waals surface area (Å²) >= 11 is 1.33. The van der Waals surface area contributed by atoms with Gasteiger partial charge in [0.15, 0.2) is 23.3 Å². The molecule has 0 aromatic heterocycles. The molecule has 1 N–H and O–H groups in total. The van der Waals surface area contributed by atoms with Crippen molar-refractivity contribution in [2.24, 2.45) is 4.99 Å². The molecule has 5 rings (SSSR count). The van der Waals surface area contributed by atoms with E-state index in [1.165, 1.54) is 30.0 Å².